The standard InChI is InChI=1S/C15H19IN2O2/c1-9(13-7-10-2-3-11(13)6-10)17-15-5-4-12(18(19)20)8-14(15)16/h4-5,8-11,13,17H,2-3,6-7H2,1H3. The number of nitro benzene ring substituents is 1. The molecule has 108 valence electrons. The Balaban J connectivity index is 1.70. The van der Waals surface area contributed by atoms with E-state index in [1.54, 1.807) is 12.1 Å². The van der Waals surface area contributed by atoms with Crippen LogP contribution in [0.5, 0.6) is 0 Å². The molecule has 0 amide bonds. The van der Waals surface area contributed by atoms with Crippen LogP contribution in [-0.4, -0.2) is 11.0 Å². The van der Waals surface area contributed by atoms with E-state index in [1.807, 2.05) is 6.07 Å². The van der Waals surface area contributed by atoms with Crippen molar-refractivity contribution in [3.05, 3.63) is 31.9 Å². The molecule has 2 aliphatic carbocycles. The predicted molar refractivity (Wildman–Crippen MR) is 87.8 cm³/mol. The van der Waals surface area contributed by atoms with Crippen LogP contribution in [-0.2, 0) is 0 Å². The number of benzene rings is 1. The molecule has 2 saturated carbocycles. The summed E-state index contributed by atoms with van der Waals surface area (Å²) < 4.78 is 0.923. The Bertz CT molecular complexity index is 535. The summed E-state index contributed by atoms with van der Waals surface area (Å²) in [4.78, 5) is 10.4. The van der Waals surface area contributed by atoms with Gasteiger partial charge in [-0.05, 0) is 72.6 Å². The minimum Gasteiger partial charge on any atom is -0.381 e. The maximum Gasteiger partial charge on any atom is 0.270 e. The van der Waals surface area contributed by atoms with Gasteiger partial charge in [0.2, 0.25) is 0 Å². The minimum atomic E-state index is -0.342. The van der Waals surface area contributed by atoms with Crippen molar-refractivity contribution in [3.8, 4) is 0 Å². The summed E-state index contributed by atoms with van der Waals surface area (Å²) in [6, 6.07) is 5.50. The van der Waals surface area contributed by atoms with Crippen LogP contribution in [0.25, 0.3) is 0 Å². The molecule has 5 heteroatoms. The van der Waals surface area contributed by atoms with Crippen LogP contribution in [0.1, 0.15) is 32.6 Å². The van der Waals surface area contributed by atoms with Gasteiger partial charge in [0.05, 0.1) is 4.92 Å². The molecule has 0 saturated heterocycles. The van der Waals surface area contributed by atoms with Crippen molar-refractivity contribution >= 4 is 34.0 Å². The van der Waals surface area contributed by atoms with Crippen LogP contribution >= 0.6 is 22.6 Å². The molecule has 1 aromatic carbocycles. The molecule has 1 N–H and O–H groups in total. The topological polar surface area (TPSA) is 55.2 Å². The second-order valence-corrected chi connectivity index (χ2v) is 7.36. The number of halogens is 1. The Kier molecular flexibility index (Phi) is 3.88. The summed E-state index contributed by atoms with van der Waals surface area (Å²) in [5.74, 6) is 2.60. The molecule has 2 bridgehead atoms. The number of anilines is 1. The van der Waals surface area contributed by atoms with Crippen molar-refractivity contribution in [1.82, 2.24) is 0 Å². The van der Waals surface area contributed by atoms with E-state index in [9.17, 15) is 10.1 Å². The number of hydrogen-bond acceptors (Lipinski definition) is 3. The van der Waals surface area contributed by atoms with Gasteiger partial charge in [0.25, 0.3) is 5.69 Å². The molecule has 0 radical (unpaired) electrons. The smallest absolute Gasteiger partial charge is 0.270 e. The third-order valence-electron chi connectivity index (χ3n) is 4.98. The summed E-state index contributed by atoms with van der Waals surface area (Å²) in [5.41, 5.74) is 1.18. The van der Waals surface area contributed by atoms with Crippen molar-refractivity contribution in [3.63, 3.8) is 0 Å². The van der Waals surface area contributed by atoms with Crippen molar-refractivity contribution in [2.75, 3.05) is 5.32 Å². The van der Waals surface area contributed by atoms with Gasteiger partial charge >= 0.3 is 0 Å². The van der Waals surface area contributed by atoms with E-state index in [1.165, 1.54) is 25.7 Å². The number of hydrogen-bond donors (Lipinski definition) is 1. The van der Waals surface area contributed by atoms with Gasteiger partial charge in [-0.1, -0.05) is 6.42 Å². The number of non-ortho nitro benzene ring substituents is 1. The number of nitro groups is 1. The predicted octanol–water partition coefficient (Wildman–Crippen LogP) is 4.44. The van der Waals surface area contributed by atoms with Gasteiger partial charge in [-0.3, -0.25) is 10.1 Å². The SMILES string of the molecule is CC(Nc1ccc([N+](=O)[O-])cc1I)C1CC2CCC1C2. The van der Waals surface area contributed by atoms with E-state index in [-0.39, 0.29) is 10.6 Å². The Labute approximate surface area is 132 Å². The summed E-state index contributed by atoms with van der Waals surface area (Å²) >= 11 is 2.17. The quantitative estimate of drug-likeness (QED) is 0.473. The van der Waals surface area contributed by atoms with Gasteiger partial charge in [0, 0.05) is 27.4 Å². The fraction of sp³-hybridized carbons (Fsp3) is 0.600. The molecule has 4 nitrogen and oxygen atoms in total. The van der Waals surface area contributed by atoms with E-state index in [0.29, 0.717) is 6.04 Å². The minimum absolute atomic E-state index is 0.160. The first-order chi connectivity index (χ1) is 9.54. The molecule has 4 atom stereocenters. The van der Waals surface area contributed by atoms with Crippen LogP contribution in [0.15, 0.2) is 18.2 Å². The van der Waals surface area contributed by atoms with Crippen LogP contribution in [0, 0.1) is 31.4 Å². The fourth-order valence-corrected chi connectivity index (χ4v) is 4.65. The first kappa shape index (κ1) is 14.1. The monoisotopic (exact) mass is 386 g/mol. The lowest BCUT2D eigenvalue weighted by molar-refractivity contribution is -0.384. The van der Waals surface area contributed by atoms with Gasteiger partial charge < -0.3 is 5.32 Å². The average molecular weight is 386 g/mol. The van der Waals surface area contributed by atoms with E-state index >= 15 is 0 Å². The lowest BCUT2D eigenvalue weighted by Gasteiger charge is -2.29. The third-order valence-corrected chi connectivity index (χ3v) is 5.87. The Morgan fingerprint density at radius 1 is 1.40 bits per heavy atom. The first-order valence-electron chi connectivity index (χ1n) is 7.25. The maximum absolute atomic E-state index is 10.8. The van der Waals surface area contributed by atoms with Crippen LogP contribution in [0.2, 0.25) is 0 Å². The molecule has 1 aromatic rings. The second kappa shape index (κ2) is 5.50. The lowest BCUT2D eigenvalue weighted by Crippen LogP contribution is -2.30. The van der Waals surface area contributed by atoms with Gasteiger partial charge in [-0.25, -0.2) is 0 Å². The molecule has 4 unspecified atom stereocenters. The van der Waals surface area contributed by atoms with E-state index in [2.05, 4.69) is 34.8 Å². The van der Waals surface area contributed by atoms with Crippen molar-refractivity contribution in [2.45, 2.75) is 38.6 Å². The van der Waals surface area contributed by atoms with Crippen molar-refractivity contribution in [2.24, 2.45) is 17.8 Å². The lowest BCUT2D eigenvalue weighted by atomic mass is 9.84. The maximum atomic E-state index is 10.8. The fourth-order valence-electron chi connectivity index (χ4n) is 3.99. The van der Waals surface area contributed by atoms with Gasteiger partial charge in [-0.2, -0.15) is 0 Å². The second-order valence-electron chi connectivity index (χ2n) is 6.19. The van der Waals surface area contributed by atoms with Gasteiger partial charge in [0.1, 0.15) is 0 Å². The Morgan fingerprint density at radius 2 is 2.20 bits per heavy atom. The highest BCUT2D eigenvalue weighted by Crippen LogP contribution is 2.50. The summed E-state index contributed by atoms with van der Waals surface area (Å²) in [6.07, 6.45) is 5.57. The first-order valence-corrected chi connectivity index (χ1v) is 8.33. The molecule has 0 spiro atoms. The number of fused-ring (bicyclic) bond motifs is 2. The Hall–Kier alpha value is -0.850. The molecule has 20 heavy (non-hydrogen) atoms. The van der Waals surface area contributed by atoms with Crippen molar-refractivity contribution < 1.29 is 4.92 Å². The summed E-state index contributed by atoms with van der Waals surface area (Å²) in [6.45, 7) is 2.25. The number of nitrogens with one attached hydrogen (secondary N) is 1. The molecular formula is C15H19IN2O2. The molecule has 0 aromatic heterocycles. The molecule has 0 heterocycles. The molecular weight excluding hydrogens is 367 g/mol. The third kappa shape index (κ3) is 2.64. The molecule has 2 fully saturated rings. The summed E-state index contributed by atoms with van der Waals surface area (Å²) in [7, 11) is 0. The Morgan fingerprint density at radius 3 is 2.75 bits per heavy atom. The van der Waals surface area contributed by atoms with E-state index in [0.717, 1.165) is 27.0 Å². The molecule has 0 aliphatic heterocycles. The highest BCUT2D eigenvalue weighted by molar-refractivity contribution is 14.1. The zero-order chi connectivity index (χ0) is 14.3. The molecule has 3 rings (SSSR count). The van der Waals surface area contributed by atoms with E-state index < -0.39 is 0 Å². The largest absolute Gasteiger partial charge is 0.381 e. The van der Waals surface area contributed by atoms with Crippen LogP contribution in [0.3, 0.4) is 0 Å². The zero-order valence-electron chi connectivity index (χ0n) is 11.5. The normalized spacial score (nSPS) is 29.4. The highest BCUT2D eigenvalue weighted by Gasteiger charge is 2.41. The number of nitrogens with zero attached hydrogens (tertiary/aromatic N) is 1. The van der Waals surface area contributed by atoms with Crippen LogP contribution in [0.4, 0.5) is 11.4 Å². The zero-order valence-corrected chi connectivity index (χ0v) is 13.7. The van der Waals surface area contributed by atoms with E-state index in [4.69, 9.17) is 0 Å². The van der Waals surface area contributed by atoms with Gasteiger partial charge in [-0.15, -0.1) is 0 Å². The number of rotatable bonds is 4. The average Bonchev–Trinajstić information content (AvgIpc) is 3.03. The summed E-state index contributed by atoms with van der Waals surface area (Å²) in [5, 5.41) is 14.3. The van der Waals surface area contributed by atoms with Gasteiger partial charge in [0.15, 0.2) is 0 Å². The van der Waals surface area contributed by atoms with Crippen molar-refractivity contribution in [1.29, 1.82) is 0 Å². The van der Waals surface area contributed by atoms with Crippen LogP contribution < -0.4 is 5.32 Å². The highest BCUT2D eigenvalue weighted by atomic mass is 127. The molecule has 2 aliphatic rings.